The third kappa shape index (κ3) is 5.31. The smallest absolute Gasteiger partial charge is 0.243 e. The highest BCUT2D eigenvalue weighted by Crippen LogP contribution is 2.24. The predicted octanol–water partition coefficient (Wildman–Crippen LogP) is 3.82. The molecule has 152 valence electrons. The van der Waals surface area contributed by atoms with E-state index in [1.54, 1.807) is 0 Å². The van der Waals surface area contributed by atoms with Crippen LogP contribution in [0.2, 0.25) is 0 Å². The van der Waals surface area contributed by atoms with Gasteiger partial charge in [-0.25, -0.2) is 0 Å². The molecule has 5 nitrogen and oxygen atoms in total. The molecule has 29 heavy (non-hydrogen) atoms. The summed E-state index contributed by atoms with van der Waals surface area (Å²) in [7, 11) is 0. The molecule has 5 heteroatoms. The Morgan fingerprint density at radius 1 is 0.862 bits per heavy atom. The third-order valence-corrected chi connectivity index (χ3v) is 5.39. The van der Waals surface area contributed by atoms with Crippen LogP contribution < -0.4 is 10.6 Å². The Morgan fingerprint density at radius 3 is 2.28 bits per heavy atom. The highest BCUT2D eigenvalue weighted by molar-refractivity contribution is 5.99. The zero-order valence-electron chi connectivity index (χ0n) is 17.4. The van der Waals surface area contributed by atoms with Crippen molar-refractivity contribution in [2.24, 2.45) is 0 Å². The van der Waals surface area contributed by atoms with E-state index < -0.39 is 0 Å². The number of hydrogen-bond acceptors (Lipinski definition) is 3. The molecule has 3 rings (SSSR count). The molecular formula is C24H28N2O3. The number of amides is 2. The molecule has 2 N–H and O–H groups in total. The fourth-order valence-corrected chi connectivity index (χ4v) is 3.94. The van der Waals surface area contributed by atoms with Crippen LogP contribution in [-0.4, -0.2) is 24.1 Å². The fourth-order valence-electron chi connectivity index (χ4n) is 3.94. The largest absolute Gasteiger partial charge is 0.347 e. The normalized spacial score (nSPS) is 12.4. The second-order valence-corrected chi connectivity index (χ2v) is 7.86. The summed E-state index contributed by atoms with van der Waals surface area (Å²) in [5.41, 5.74) is 7.13. The van der Waals surface area contributed by atoms with Gasteiger partial charge in [0.1, 0.15) is 0 Å². The van der Waals surface area contributed by atoms with Crippen LogP contribution in [0.3, 0.4) is 0 Å². The van der Waals surface area contributed by atoms with Gasteiger partial charge in [0.25, 0.3) is 0 Å². The summed E-state index contributed by atoms with van der Waals surface area (Å²) in [4.78, 5) is 36.6. The van der Waals surface area contributed by atoms with Gasteiger partial charge in [0.2, 0.25) is 11.8 Å². The maximum absolute atomic E-state index is 12.4. The molecule has 0 bridgehead atoms. The average Bonchev–Trinajstić information content (AvgIpc) is 3.15. The molecule has 0 aromatic heterocycles. The summed E-state index contributed by atoms with van der Waals surface area (Å²) >= 11 is 0. The van der Waals surface area contributed by atoms with Crippen molar-refractivity contribution >= 4 is 23.3 Å². The second-order valence-electron chi connectivity index (χ2n) is 7.86. The van der Waals surface area contributed by atoms with E-state index in [9.17, 15) is 14.4 Å². The van der Waals surface area contributed by atoms with Crippen LogP contribution in [0.4, 0.5) is 5.69 Å². The Morgan fingerprint density at radius 2 is 1.55 bits per heavy atom. The van der Waals surface area contributed by atoms with Crippen LogP contribution in [0.5, 0.6) is 0 Å². The minimum Gasteiger partial charge on any atom is -0.347 e. The SMILES string of the molecule is Cc1cc(C)c(NC(=O)CNC(=O)CCC(=O)c2ccc3c(c2)CCC3)c(C)c1. The van der Waals surface area contributed by atoms with Gasteiger partial charge in [-0.3, -0.25) is 14.4 Å². The number of anilines is 1. The minimum atomic E-state index is -0.299. The van der Waals surface area contributed by atoms with Gasteiger partial charge < -0.3 is 10.6 Å². The second kappa shape index (κ2) is 9.03. The fraction of sp³-hybridized carbons (Fsp3) is 0.375. The quantitative estimate of drug-likeness (QED) is 0.704. The van der Waals surface area contributed by atoms with E-state index in [-0.39, 0.29) is 37.0 Å². The van der Waals surface area contributed by atoms with Gasteiger partial charge in [-0.1, -0.05) is 29.8 Å². The number of Topliss-reactive ketones (excluding diaryl/α,β-unsaturated/α-hetero) is 1. The van der Waals surface area contributed by atoms with E-state index in [4.69, 9.17) is 0 Å². The zero-order valence-corrected chi connectivity index (χ0v) is 17.4. The lowest BCUT2D eigenvalue weighted by molar-refractivity contribution is -0.124. The molecule has 0 saturated heterocycles. The Kier molecular flexibility index (Phi) is 6.47. The van der Waals surface area contributed by atoms with E-state index in [0.717, 1.165) is 41.6 Å². The number of ketones is 1. The van der Waals surface area contributed by atoms with E-state index in [1.165, 1.54) is 11.1 Å². The van der Waals surface area contributed by atoms with E-state index in [2.05, 4.69) is 10.6 Å². The average molecular weight is 392 g/mol. The van der Waals surface area contributed by atoms with Crippen molar-refractivity contribution in [3.63, 3.8) is 0 Å². The Labute approximate surface area is 171 Å². The molecule has 2 amide bonds. The van der Waals surface area contributed by atoms with Crippen molar-refractivity contribution in [1.82, 2.24) is 5.32 Å². The monoisotopic (exact) mass is 392 g/mol. The summed E-state index contributed by atoms with van der Waals surface area (Å²) in [6.45, 7) is 5.78. The summed E-state index contributed by atoms with van der Waals surface area (Å²) in [5.74, 6) is -0.615. The van der Waals surface area contributed by atoms with Crippen molar-refractivity contribution in [3.05, 3.63) is 63.7 Å². The number of hydrogen-bond donors (Lipinski definition) is 2. The Hall–Kier alpha value is -2.95. The molecule has 0 unspecified atom stereocenters. The number of rotatable bonds is 7. The number of carbonyl (C=O) groups excluding carboxylic acids is 3. The van der Waals surface area contributed by atoms with Crippen molar-refractivity contribution in [2.75, 3.05) is 11.9 Å². The number of benzene rings is 2. The highest BCUT2D eigenvalue weighted by Gasteiger charge is 2.15. The number of fused-ring (bicyclic) bond motifs is 1. The summed E-state index contributed by atoms with van der Waals surface area (Å²) in [6.07, 6.45) is 3.45. The van der Waals surface area contributed by atoms with E-state index >= 15 is 0 Å². The van der Waals surface area contributed by atoms with E-state index in [1.807, 2.05) is 51.1 Å². The summed E-state index contributed by atoms with van der Waals surface area (Å²) in [5, 5.41) is 5.45. The molecule has 0 atom stereocenters. The van der Waals surface area contributed by atoms with Gasteiger partial charge >= 0.3 is 0 Å². The van der Waals surface area contributed by atoms with Gasteiger partial charge in [0.15, 0.2) is 5.78 Å². The first-order valence-corrected chi connectivity index (χ1v) is 10.1. The zero-order chi connectivity index (χ0) is 21.0. The lowest BCUT2D eigenvalue weighted by Gasteiger charge is -2.13. The third-order valence-electron chi connectivity index (χ3n) is 5.39. The van der Waals surface area contributed by atoms with Crippen LogP contribution in [0.25, 0.3) is 0 Å². The molecule has 2 aromatic rings. The first kappa shape index (κ1) is 20.8. The molecule has 0 fully saturated rings. The first-order valence-electron chi connectivity index (χ1n) is 10.1. The Balaban J connectivity index is 1.45. The van der Waals surface area contributed by atoms with Gasteiger partial charge in [0.05, 0.1) is 6.54 Å². The number of nitrogens with one attached hydrogen (secondary N) is 2. The topological polar surface area (TPSA) is 75.3 Å². The van der Waals surface area contributed by atoms with Gasteiger partial charge in [0, 0.05) is 24.1 Å². The lowest BCUT2D eigenvalue weighted by atomic mass is 10.0. The highest BCUT2D eigenvalue weighted by atomic mass is 16.2. The van der Waals surface area contributed by atoms with Crippen LogP contribution in [0.15, 0.2) is 30.3 Å². The minimum absolute atomic E-state index is 0.0368. The maximum Gasteiger partial charge on any atom is 0.243 e. The van der Waals surface area contributed by atoms with Crippen LogP contribution in [0.1, 0.15) is 57.4 Å². The molecule has 0 radical (unpaired) electrons. The molecule has 0 heterocycles. The molecule has 0 aliphatic heterocycles. The molecular weight excluding hydrogens is 364 g/mol. The Bertz CT molecular complexity index is 940. The summed E-state index contributed by atoms with van der Waals surface area (Å²) < 4.78 is 0. The van der Waals surface area contributed by atoms with Crippen LogP contribution in [0, 0.1) is 20.8 Å². The molecule has 0 spiro atoms. The summed E-state index contributed by atoms with van der Waals surface area (Å²) in [6, 6.07) is 9.85. The lowest BCUT2D eigenvalue weighted by Crippen LogP contribution is -2.33. The molecule has 2 aromatic carbocycles. The van der Waals surface area contributed by atoms with Crippen molar-refractivity contribution in [2.45, 2.75) is 52.9 Å². The van der Waals surface area contributed by atoms with Crippen molar-refractivity contribution in [1.29, 1.82) is 0 Å². The maximum atomic E-state index is 12.4. The van der Waals surface area contributed by atoms with Gasteiger partial charge in [-0.2, -0.15) is 0 Å². The van der Waals surface area contributed by atoms with Gasteiger partial charge in [-0.15, -0.1) is 0 Å². The van der Waals surface area contributed by atoms with Crippen LogP contribution in [-0.2, 0) is 22.4 Å². The molecule has 0 saturated carbocycles. The number of carbonyl (C=O) groups is 3. The van der Waals surface area contributed by atoms with E-state index in [0.29, 0.717) is 5.56 Å². The van der Waals surface area contributed by atoms with Crippen molar-refractivity contribution in [3.8, 4) is 0 Å². The predicted molar refractivity (Wildman–Crippen MR) is 114 cm³/mol. The standard InChI is InChI=1S/C24H28N2O3/c1-15-11-16(2)24(17(3)12-15)26-23(29)14-25-22(28)10-9-21(27)20-8-7-18-5-4-6-19(18)13-20/h7-8,11-13H,4-6,9-10,14H2,1-3H3,(H,25,28)(H,26,29). The first-order chi connectivity index (χ1) is 13.8. The van der Waals surface area contributed by atoms with Crippen molar-refractivity contribution < 1.29 is 14.4 Å². The number of aryl methyl sites for hydroxylation is 5. The molecule has 1 aliphatic rings. The van der Waals surface area contributed by atoms with Crippen LogP contribution >= 0.6 is 0 Å². The molecule has 1 aliphatic carbocycles. The van der Waals surface area contributed by atoms with Gasteiger partial charge in [-0.05, 0) is 68.4 Å².